The van der Waals surface area contributed by atoms with E-state index < -0.39 is 0 Å². The normalized spacial score (nSPS) is 15.0. The number of carbonyl (C=O) groups excluding carboxylic acids is 1. The van der Waals surface area contributed by atoms with E-state index in [1.54, 1.807) is 29.4 Å². The molecule has 2 fully saturated rings. The number of aryl methyl sites for hydroxylation is 1. The maximum absolute atomic E-state index is 13.5. The molecule has 0 radical (unpaired) electrons. The molecular formula is C31H28FN9OS. The number of nitrogens with one attached hydrogen (secondary N) is 1. The van der Waals surface area contributed by atoms with Gasteiger partial charge < -0.3 is 15.1 Å². The molecule has 7 rings (SSSR count). The zero-order valence-electron chi connectivity index (χ0n) is 23.7. The van der Waals surface area contributed by atoms with Crippen LogP contribution in [0.15, 0.2) is 55.0 Å². The highest BCUT2D eigenvalue weighted by atomic mass is 32.1. The third kappa shape index (κ3) is 5.11. The molecule has 216 valence electrons. The Hall–Kier alpha value is -4.73. The lowest BCUT2D eigenvalue weighted by Gasteiger charge is -2.39. The molecule has 1 aromatic carbocycles. The van der Waals surface area contributed by atoms with Crippen LogP contribution in [0.25, 0.3) is 28.0 Å². The second-order valence-electron chi connectivity index (χ2n) is 10.9. The van der Waals surface area contributed by atoms with Gasteiger partial charge in [0.25, 0.3) is 5.91 Å². The number of aromatic nitrogens is 5. The van der Waals surface area contributed by atoms with Crippen LogP contribution in [-0.4, -0.2) is 67.4 Å². The SMILES string of the molecule is CCc1nc2ccc(-c3cnc(C(=O)N4CC(NC5CC5)C4)nc3)cn2c1N(C)c1nc(-c2ccc(F)cc2)c(C#N)s1. The Morgan fingerprint density at radius 1 is 1.07 bits per heavy atom. The highest BCUT2D eigenvalue weighted by molar-refractivity contribution is 7.16. The van der Waals surface area contributed by atoms with Crippen molar-refractivity contribution in [1.82, 2.24) is 34.6 Å². The first kappa shape index (κ1) is 27.1. The molecule has 0 bridgehead atoms. The Balaban J connectivity index is 1.16. The van der Waals surface area contributed by atoms with Gasteiger partial charge in [-0.3, -0.25) is 9.20 Å². The van der Waals surface area contributed by atoms with Crippen molar-refractivity contribution in [3.8, 4) is 28.5 Å². The topological polar surface area (TPSA) is 115 Å². The lowest BCUT2D eigenvalue weighted by Crippen LogP contribution is -2.60. The summed E-state index contributed by atoms with van der Waals surface area (Å²) in [5.41, 5.74) is 4.46. The molecule has 0 atom stereocenters. The number of benzene rings is 1. The number of hydrogen-bond donors (Lipinski definition) is 1. The fourth-order valence-electron chi connectivity index (χ4n) is 5.33. The Labute approximate surface area is 251 Å². The molecule has 5 aromatic rings. The van der Waals surface area contributed by atoms with Crippen LogP contribution in [0.1, 0.15) is 41.0 Å². The third-order valence-corrected chi connectivity index (χ3v) is 8.87. The van der Waals surface area contributed by atoms with Gasteiger partial charge in [0.15, 0.2) is 5.13 Å². The molecule has 1 saturated carbocycles. The van der Waals surface area contributed by atoms with Crippen LogP contribution in [-0.2, 0) is 6.42 Å². The van der Waals surface area contributed by atoms with Crippen LogP contribution >= 0.6 is 11.3 Å². The van der Waals surface area contributed by atoms with Gasteiger partial charge in [-0.05, 0) is 55.7 Å². The van der Waals surface area contributed by atoms with E-state index in [0.29, 0.717) is 52.9 Å². The zero-order chi connectivity index (χ0) is 29.7. The Kier molecular flexibility index (Phi) is 6.83. The second kappa shape index (κ2) is 10.8. The number of likely N-dealkylation sites (tertiary alicyclic amines) is 1. The van der Waals surface area contributed by atoms with Gasteiger partial charge >= 0.3 is 0 Å². The summed E-state index contributed by atoms with van der Waals surface area (Å²) in [6, 6.07) is 13.1. The monoisotopic (exact) mass is 593 g/mol. The van der Waals surface area contributed by atoms with Crippen molar-refractivity contribution in [2.24, 2.45) is 0 Å². The second-order valence-corrected chi connectivity index (χ2v) is 11.9. The van der Waals surface area contributed by atoms with Gasteiger partial charge in [0.05, 0.1) is 5.69 Å². The summed E-state index contributed by atoms with van der Waals surface area (Å²) in [7, 11) is 1.90. The molecule has 0 unspecified atom stereocenters. The molecule has 4 aromatic heterocycles. The van der Waals surface area contributed by atoms with Gasteiger partial charge in [-0.15, -0.1) is 0 Å². The van der Waals surface area contributed by atoms with Gasteiger partial charge in [0.1, 0.15) is 33.9 Å². The number of carbonyl (C=O) groups is 1. The maximum Gasteiger partial charge on any atom is 0.291 e. The number of thiazole rings is 1. The van der Waals surface area contributed by atoms with Crippen molar-refractivity contribution in [2.45, 2.75) is 38.3 Å². The number of nitrogens with zero attached hydrogens (tertiary/aromatic N) is 8. The number of amides is 1. The predicted molar refractivity (Wildman–Crippen MR) is 162 cm³/mol. The fraction of sp³-hybridized carbons (Fsp3) is 0.290. The van der Waals surface area contributed by atoms with Crippen LogP contribution in [0, 0.1) is 17.1 Å². The van der Waals surface area contributed by atoms with Crippen molar-refractivity contribution in [3.05, 3.63) is 77.2 Å². The summed E-state index contributed by atoms with van der Waals surface area (Å²) in [6.07, 6.45) is 8.46. The zero-order valence-corrected chi connectivity index (χ0v) is 24.5. The molecule has 2 aliphatic rings. The summed E-state index contributed by atoms with van der Waals surface area (Å²) in [4.78, 5) is 35.4. The largest absolute Gasteiger partial charge is 0.333 e. The summed E-state index contributed by atoms with van der Waals surface area (Å²) in [5.74, 6) is 0.520. The number of nitriles is 1. The summed E-state index contributed by atoms with van der Waals surface area (Å²) in [6.45, 7) is 3.42. The van der Waals surface area contributed by atoms with E-state index in [9.17, 15) is 14.4 Å². The van der Waals surface area contributed by atoms with Crippen molar-refractivity contribution in [2.75, 3.05) is 25.0 Å². The Morgan fingerprint density at radius 3 is 2.47 bits per heavy atom. The number of imidazole rings is 1. The molecule has 12 heteroatoms. The maximum atomic E-state index is 13.5. The number of anilines is 2. The van der Waals surface area contributed by atoms with Crippen LogP contribution in [0.5, 0.6) is 0 Å². The third-order valence-electron chi connectivity index (χ3n) is 7.83. The van der Waals surface area contributed by atoms with E-state index in [0.717, 1.165) is 28.3 Å². The van der Waals surface area contributed by atoms with Crippen LogP contribution in [0.2, 0.25) is 0 Å². The molecule has 1 aliphatic carbocycles. The first-order valence-electron chi connectivity index (χ1n) is 14.2. The van der Waals surface area contributed by atoms with Gasteiger partial charge in [0, 0.05) is 67.5 Å². The van der Waals surface area contributed by atoms with Crippen molar-refractivity contribution in [1.29, 1.82) is 5.26 Å². The molecule has 1 N–H and O–H groups in total. The molecule has 43 heavy (non-hydrogen) atoms. The molecular weight excluding hydrogens is 565 g/mol. The van der Waals surface area contributed by atoms with Crippen LogP contribution in [0.4, 0.5) is 15.3 Å². The van der Waals surface area contributed by atoms with Gasteiger partial charge in [-0.2, -0.15) is 5.26 Å². The van der Waals surface area contributed by atoms with E-state index in [4.69, 9.17) is 9.97 Å². The minimum absolute atomic E-state index is 0.151. The van der Waals surface area contributed by atoms with Crippen molar-refractivity contribution < 1.29 is 9.18 Å². The Morgan fingerprint density at radius 2 is 1.79 bits per heavy atom. The first-order valence-corrected chi connectivity index (χ1v) is 15.0. The number of halogens is 1. The number of fused-ring (bicyclic) bond motifs is 1. The molecule has 1 saturated heterocycles. The molecule has 0 spiro atoms. The Bertz CT molecular complexity index is 1870. The lowest BCUT2D eigenvalue weighted by molar-refractivity contribution is 0.0552. The van der Waals surface area contributed by atoms with E-state index >= 15 is 0 Å². The van der Waals surface area contributed by atoms with Crippen molar-refractivity contribution in [3.63, 3.8) is 0 Å². The van der Waals surface area contributed by atoms with Crippen molar-refractivity contribution >= 4 is 33.8 Å². The predicted octanol–water partition coefficient (Wildman–Crippen LogP) is 4.83. The molecule has 5 heterocycles. The van der Waals surface area contributed by atoms with Crippen LogP contribution < -0.4 is 10.2 Å². The standard InChI is InChI=1S/C31H28FN9OS/c1-3-24-29(39(2)31-38-27(25(12-33)43-31)18-4-7-21(32)8-5-18)41-15-19(6-11-26(41)37-24)20-13-34-28(35-14-20)30(42)40-16-23(17-40)36-22-9-10-22/h4-8,11,13-15,22-23,36H,3,9-10,16-17H2,1-2H3. The highest BCUT2D eigenvalue weighted by Crippen LogP contribution is 2.37. The fourth-order valence-corrected chi connectivity index (χ4v) is 6.18. The number of pyridine rings is 1. The molecule has 10 nitrogen and oxygen atoms in total. The summed E-state index contributed by atoms with van der Waals surface area (Å²) in [5, 5.41) is 14.0. The van der Waals surface area contributed by atoms with E-state index in [2.05, 4.69) is 21.4 Å². The summed E-state index contributed by atoms with van der Waals surface area (Å²) < 4.78 is 15.5. The minimum atomic E-state index is -0.346. The number of rotatable bonds is 8. The lowest BCUT2D eigenvalue weighted by atomic mass is 10.1. The first-order chi connectivity index (χ1) is 20.9. The quantitative estimate of drug-likeness (QED) is 0.272. The molecule has 1 aliphatic heterocycles. The van der Waals surface area contributed by atoms with Crippen LogP contribution in [0.3, 0.4) is 0 Å². The number of hydrogen-bond acceptors (Lipinski definition) is 9. The highest BCUT2D eigenvalue weighted by Gasteiger charge is 2.35. The minimum Gasteiger partial charge on any atom is -0.333 e. The van der Waals surface area contributed by atoms with Gasteiger partial charge in [-0.1, -0.05) is 18.3 Å². The van der Waals surface area contributed by atoms with E-state index in [-0.39, 0.29) is 17.5 Å². The van der Waals surface area contributed by atoms with Gasteiger partial charge in [-0.25, -0.2) is 24.3 Å². The van der Waals surface area contributed by atoms with Gasteiger partial charge in [0.2, 0.25) is 5.82 Å². The summed E-state index contributed by atoms with van der Waals surface area (Å²) >= 11 is 1.27. The average molecular weight is 594 g/mol. The average Bonchev–Trinajstić information content (AvgIpc) is 3.60. The molecule has 1 amide bonds. The van der Waals surface area contributed by atoms with E-state index in [1.807, 2.05) is 41.6 Å². The van der Waals surface area contributed by atoms with E-state index in [1.165, 1.54) is 36.3 Å². The smallest absolute Gasteiger partial charge is 0.291 e.